The highest BCUT2D eigenvalue weighted by atomic mass is 32.2. The highest BCUT2D eigenvalue weighted by molar-refractivity contribution is 7.88. The molecule has 20 heavy (non-hydrogen) atoms. The maximum absolute atomic E-state index is 12.0. The van der Waals surface area contributed by atoms with Crippen molar-refractivity contribution in [3.63, 3.8) is 0 Å². The summed E-state index contributed by atoms with van der Waals surface area (Å²) >= 11 is 1.58. The van der Waals surface area contributed by atoms with Crippen molar-refractivity contribution in [2.24, 2.45) is 5.10 Å². The van der Waals surface area contributed by atoms with Crippen LogP contribution >= 0.6 is 11.3 Å². The fourth-order valence-corrected chi connectivity index (χ4v) is 3.94. The second-order valence-electron chi connectivity index (χ2n) is 4.69. The monoisotopic (exact) mass is 306 g/mol. The lowest BCUT2D eigenvalue weighted by Crippen LogP contribution is -2.25. The van der Waals surface area contributed by atoms with Gasteiger partial charge in [0.25, 0.3) is 0 Å². The average Bonchev–Trinajstić information content (AvgIpc) is 3.08. The molecule has 0 N–H and O–H groups in total. The maximum atomic E-state index is 12.0. The normalized spacial score (nSPS) is 19.1. The Bertz CT molecular complexity index is 722. The third kappa shape index (κ3) is 2.48. The zero-order valence-electron chi connectivity index (χ0n) is 10.9. The van der Waals surface area contributed by atoms with Crippen LogP contribution in [-0.4, -0.2) is 24.8 Å². The van der Waals surface area contributed by atoms with Gasteiger partial charge in [-0.3, -0.25) is 0 Å². The second kappa shape index (κ2) is 5.03. The number of hydrogen-bond acceptors (Lipinski definition) is 4. The Morgan fingerprint density at radius 2 is 1.95 bits per heavy atom. The smallest absolute Gasteiger partial charge is 0.205 e. The molecule has 104 valence electrons. The van der Waals surface area contributed by atoms with Crippen molar-refractivity contribution in [3.05, 3.63) is 58.3 Å². The van der Waals surface area contributed by atoms with Crippen LogP contribution in [0.3, 0.4) is 0 Å². The Balaban J connectivity index is 2.01. The average molecular weight is 306 g/mol. The molecule has 0 aliphatic carbocycles. The number of thiophene rings is 1. The molecule has 0 saturated carbocycles. The fraction of sp³-hybridized carbons (Fsp3) is 0.214. The van der Waals surface area contributed by atoms with Gasteiger partial charge < -0.3 is 0 Å². The Kier molecular flexibility index (Phi) is 3.35. The van der Waals surface area contributed by atoms with E-state index in [1.165, 1.54) is 10.7 Å². The van der Waals surface area contributed by atoms with Gasteiger partial charge in [-0.25, -0.2) is 8.42 Å². The zero-order chi connectivity index (χ0) is 14.2. The van der Waals surface area contributed by atoms with Crippen LogP contribution in [0.1, 0.15) is 22.9 Å². The predicted molar refractivity (Wildman–Crippen MR) is 81.3 cm³/mol. The topological polar surface area (TPSA) is 49.7 Å². The van der Waals surface area contributed by atoms with Crippen LogP contribution in [0.4, 0.5) is 0 Å². The molecule has 4 nitrogen and oxygen atoms in total. The van der Waals surface area contributed by atoms with Crippen molar-refractivity contribution >= 4 is 27.1 Å². The van der Waals surface area contributed by atoms with E-state index in [9.17, 15) is 8.42 Å². The van der Waals surface area contributed by atoms with E-state index in [2.05, 4.69) is 5.10 Å². The third-order valence-corrected chi connectivity index (χ3v) is 5.14. The van der Waals surface area contributed by atoms with Crippen LogP contribution < -0.4 is 0 Å². The first-order valence-electron chi connectivity index (χ1n) is 6.21. The standard InChI is InChI=1S/C14H14N2O2S2/c1-20(17,18)16-13(11-6-3-2-4-7-11)10-12(15-16)14-8-5-9-19-14/h2-9,13H,10H2,1H3/t13-/m0/s1. The van der Waals surface area contributed by atoms with Crippen LogP contribution in [0, 0.1) is 0 Å². The number of hydrazone groups is 1. The van der Waals surface area contributed by atoms with E-state index >= 15 is 0 Å². The number of nitrogens with zero attached hydrogens (tertiary/aromatic N) is 2. The largest absolute Gasteiger partial charge is 0.247 e. The molecule has 2 aromatic rings. The van der Waals surface area contributed by atoms with Crippen molar-refractivity contribution in [3.8, 4) is 0 Å². The van der Waals surface area contributed by atoms with E-state index < -0.39 is 10.0 Å². The molecular formula is C14H14N2O2S2. The SMILES string of the molecule is CS(=O)(=O)N1N=C(c2cccs2)C[C@H]1c1ccccc1. The fourth-order valence-electron chi connectivity index (χ4n) is 2.31. The summed E-state index contributed by atoms with van der Waals surface area (Å²) in [5.41, 5.74) is 1.80. The van der Waals surface area contributed by atoms with Gasteiger partial charge in [-0.1, -0.05) is 36.4 Å². The Morgan fingerprint density at radius 3 is 2.55 bits per heavy atom. The van der Waals surface area contributed by atoms with E-state index in [0.717, 1.165) is 16.2 Å². The molecule has 6 heteroatoms. The molecule has 0 bridgehead atoms. The molecule has 0 unspecified atom stereocenters. The van der Waals surface area contributed by atoms with Gasteiger partial charge in [0.1, 0.15) is 0 Å². The van der Waals surface area contributed by atoms with E-state index in [1.807, 2.05) is 47.8 Å². The van der Waals surface area contributed by atoms with Gasteiger partial charge >= 0.3 is 0 Å². The van der Waals surface area contributed by atoms with Crippen molar-refractivity contribution in [2.75, 3.05) is 6.26 Å². The summed E-state index contributed by atoms with van der Waals surface area (Å²) in [5, 5.41) is 6.30. The van der Waals surface area contributed by atoms with Gasteiger partial charge in [0.15, 0.2) is 0 Å². The molecular weight excluding hydrogens is 292 g/mol. The molecule has 0 fully saturated rings. The lowest BCUT2D eigenvalue weighted by atomic mass is 10.0. The van der Waals surface area contributed by atoms with E-state index in [4.69, 9.17) is 0 Å². The van der Waals surface area contributed by atoms with Gasteiger partial charge in [-0.2, -0.15) is 9.52 Å². The van der Waals surface area contributed by atoms with Gasteiger partial charge in [0, 0.05) is 6.42 Å². The number of sulfonamides is 1. The molecule has 1 aliphatic rings. The lowest BCUT2D eigenvalue weighted by molar-refractivity contribution is 0.375. The quantitative estimate of drug-likeness (QED) is 0.875. The number of benzene rings is 1. The van der Waals surface area contributed by atoms with Crippen LogP contribution in [0.2, 0.25) is 0 Å². The summed E-state index contributed by atoms with van der Waals surface area (Å²) in [7, 11) is -3.37. The molecule has 0 saturated heterocycles. The number of hydrogen-bond donors (Lipinski definition) is 0. The van der Waals surface area contributed by atoms with Crippen LogP contribution in [0.5, 0.6) is 0 Å². The van der Waals surface area contributed by atoms with Crippen molar-refractivity contribution in [1.29, 1.82) is 0 Å². The second-order valence-corrected chi connectivity index (χ2v) is 7.48. The van der Waals surface area contributed by atoms with Crippen LogP contribution in [0.15, 0.2) is 52.9 Å². The Morgan fingerprint density at radius 1 is 1.20 bits per heavy atom. The molecule has 1 aromatic heterocycles. The molecule has 1 aliphatic heterocycles. The van der Waals surface area contributed by atoms with Gasteiger partial charge in [-0.15, -0.1) is 11.3 Å². The highest BCUT2D eigenvalue weighted by Crippen LogP contribution is 2.35. The molecule has 3 rings (SSSR count). The first-order chi connectivity index (χ1) is 9.55. The predicted octanol–water partition coefficient (Wildman–Crippen LogP) is 2.86. The van der Waals surface area contributed by atoms with Gasteiger partial charge in [-0.05, 0) is 17.0 Å². The Labute approximate surface area is 122 Å². The van der Waals surface area contributed by atoms with Crippen LogP contribution in [-0.2, 0) is 10.0 Å². The first kappa shape index (κ1) is 13.3. The third-order valence-electron chi connectivity index (χ3n) is 3.20. The number of rotatable bonds is 3. The minimum atomic E-state index is -3.37. The first-order valence-corrected chi connectivity index (χ1v) is 8.94. The molecule has 0 radical (unpaired) electrons. The molecule has 0 spiro atoms. The minimum absolute atomic E-state index is 0.247. The lowest BCUT2D eigenvalue weighted by Gasteiger charge is -2.21. The van der Waals surface area contributed by atoms with Crippen molar-refractivity contribution < 1.29 is 8.42 Å². The van der Waals surface area contributed by atoms with E-state index in [1.54, 1.807) is 11.3 Å². The molecule has 1 atom stereocenters. The van der Waals surface area contributed by atoms with Crippen molar-refractivity contribution in [2.45, 2.75) is 12.5 Å². The van der Waals surface area contributed by atoms with Crippen molar-refractivity contribution in [1.82, 2.24) is 4.41 Å². The maximum Gasteiger partial charge on any atom is 0.247 e. The van der Waals surface area contributed by atoms with E-state index in [-0.39, 0.29) is 6.04 Å². The summed E-state index contributed by atoms with van der Waals surface area (Å²) in [6.07, 6.45) is 1.81. The van der Waals surface area contributed by atoms with Gasteiger partial charge in [0.2, 0.25) is 10.0 Å². The van der Waals surface area contributed by atoms with Crippen LogP contribution in [0.25, 0.3) is 0 Å². The zero-order valence-corrected chi connectivity index (χ0v) is 12.6. The Hall–Kier alpha value is -1.66. The molecule has 0 amide bonds. The minimum Gasteiger partial charge on any atom is -0.205 e. The highest BCUT2D eigenvalue weighted by Gasteiger charge is 2.34. The molecule has 2 heterocycles. The summed E-state index contributed by atoms with van der Waals surface area (Å²) in [6, 6.07) is 13.3. The summed E-state index contributed by atoms with van der Waals surface area (Å²) in [6.45, 7) is 0. The summed E-state index contributed by atoms with van der Waals surface area (Å²) < 4.78 is 25.1. The summed E-state index contributed by atoms with van der Waals surface area (Å²) in [4.78, 5) is 1.03. The van der Waals surface area contributed by atoms with Gasteiger partial charge in [0.05, 0.1) is 22.9 Å². The summed E-state index contributed by atoms with van der Waals surface area (Å²) in [5.74, 6) is 0. The van der Waals surface area contributed by atoms with E-state index in [0.29, 0.717) is 6.42 Å². The molecule has 1 aromatic carbocycles.